The van der Waals surface area contributed by atoms with Gasteiger partial charge >= 0.3 is 0 Å². The minimum Gasteiger partial charge on any atom is -0.381 e. The Morgan fingerprint density at radius 3 is 2.76 bits per heavy atom. The molecule has 1 fully saturated rings. The molecule has 0 radical (unpaired) electrons. The van der Waals surface area contributed by atoms with Gasteiger partial charge in [0.2, 0.25) is 0 Å². The summed E-state index contributed by atoms with van der Waals surface area (Å²) in [6.07, 6.45) is 3.65. The Hall–Kier alpha value is -1.95. The van der Waals surface area contributed by atoms with E-state index in [-0.39, 0.29) is 17.2 Å². The number of aromatic nitrogens is 2. The molecule has 6 heteroatoms. The number of carbonyl (C=O) groups is 1. The summed E-state index contributed by atoms with van der Waals surface area (Å²) >= 11 is 0. The van der Waals surface area contributed by atoms with E-state index in [1.54, 1.807) is 6.20 Å². The number of hydrogen-bond acceptors (Lipinski definition) is 5. The molecule has 1 aliphatic heterocycles. The first-order chi connectivity index (χ1) is 11.9. The Balaban J connectivity index is 1.70. The van der Waals surface area contributed by atoms with E-state index < -0.39 is 0 Å². The maximum Gasteiger partial charge on any atom is 0.257 e. The molecular weight excluding hydrogens is 318 g/mol. The number of nitrogens with zero attached hydrogens (tertiary/aromatic N) is 2. The largest absolute Gasteiger partial charge is 0.381 e. The van der Waals surface area contributed by atoms with Crippen molar-refractivity contribution in [2.45, 2.75) is 46.5 Å². The molecule has 25 heavy (non-hydrogen) atoms. The summed E-state index contributed by atoms with van der Waals surface area (Å²) in [7, 11) is 0. The summed E-state index contributed by atoms with van der Waals surface area (Å²) in [5.41, 5.74) is 1.89. The Bertz CT molecular complexity index is 745. The van der Waals surface area contributed by atoms with Crippen molar-refractivity contribution in [2.24, 2.45) is 11.3 Å². The number of fused-ring (bicyclic) bond motifs is 1. The van der Waals surface area contributed by atoms with Crippen LogP contribution < -0.4 is 5.32 Å². The van der Waals surface area contributed by atoms with E-state index in [1.165, 1.54) is 0 Å². The van der Waals surface area contributed by atoms with Crippen molar-refractivity contribution in [3.05, 3.63) is 23.5 Å². The average Bonchev–Trinajstić information content (AvgIpc) is 3.04. The fraction of sp³-hybridized carbons (Fsp3) is 0.632. The van der Waals surface area contributed by atoms with Crippen LogP contribution in [0.1, 0.15) is 62.5 Å². The Morgan fingerprint density at radius 1 is 1.36 bits per heavy atom. The lowest BCUT2D eigenvalue weighted by Crippen LogP contribution is -2.40. The van der Waals surface area contributed by atoms with Crippen molar-refractivity contribution in [1.29, 1.82) is 0 Å². The minimum absolute atomic E-state index is 0.0389. The summed E-state index contributed by atoms with van der Waals surface area (Å²) in [6.45, 7) is 10.8. The molecule has 0 atom stereocenters. The first kappa shape index (κ1) is 17.9. The van der Waals surface area contributed by atoms with E-state index in [9.17, 15) is 4.79 Å². The molecule has 0 unspecified atom stereocenters. The molecule has 6 nitrogen and oxygen atoms in total. The predicted molar refractivity (Wildman–Crippen MR) is 95.6 cm³/mol. The SMILES string of the molecule is CC(C)c1noc2ncc(C(=O)NCC(C)(C)C3CCOCC3)cc12. The standard InChI is InChI=1S/C19H27N3O3/c1-12(2)16-15-9-13(10-20-18(15)25-22-16)17(23)21-11-19(3,4)14-5-7-24-8-6-14/h9-10,12,14H,5-8,11H2,1-4H3,(H,21,23). The van der Waals surface area contributed by atoms with Gasteiger partial charge in [-0.2, -0.15) is 0 Å². The zero-order valence-electron chi connectivity index (χ0n) is 15.5. The van der Waals surface area contributed by atoms with Crippen LogP contribution in [0.5, 0.6) is 0 Å². The van der Waals surface area contributed by atoms with Crippen LogP contribution in [-0.4, -0.2) is 35.8 Å². The Kier molecular flexibility index (Phi) is 5.08. The Labute approximate surface area is 148 Å². The quantitative estimate of drug-likeness (QED) is 0.897. The zero-order chi connectivity index (χ0) is 18.0. The van der Waals surface area contributed by atoms with Gasteiger partial charge in [0.15, 0.2) is 0 Å². The highest BCUT2D eigenvalue weighted by molar-refractivity contribution is 5.97. The lowest BCUT2D eigenvalue weighted by molar-refractivity contribution is 0.0228. The van der Waals surface area contributed by atoms with Crippen LogP contribution in [0.4, 0.5) is 0 Å². The predicted octanol–water partition coefficient (Wildman–Crippen LogP) is 3.53. The fourth-order valence-corrected chi connectivity index (χ4v) is 3.42. The number of nitrogens with one attached hydrogen (secondary N) is 1. The van der Waals surface area contributed by atoms with Gasteiger partial charge in [-0.1, -0.05) is 32.9 Å². The van der Waals surface area contributed by atoms with Crippen molar-refractivity contribution in [3.8, 4) is 0 Å². The van der Waals surface area contributed by atoms with E-state index in [0.717, 1.165) is 37.1 Å². The van der Waals surface area contributed by atoms with E-state index in [4.69, 9.17) is 9.26 Å². The molecule has 0 aromatic carbocycles. The van der Waals surface area contributed by atoms with Gasteiger partial charge in [-0.25, -0.2) is 4.98 Å². The van der Waals surface area contributed by atoms with E-state index in [0.29, 0.717) is 23.7 Å². The van der Waals surface area contributed by atoms with Crippen LogP contribution in [0.2, 0.25) is 0 Å². The monoisotopic (exact) mass is 345 g/mol. The number of ether oxygens (including phenoxy) is 1. The molecular formula is C19H27N3O3. The molecule has 1 saturated heterocycles. The molecule has 1 N–H and O–H groups in total. The molecule has 1 amide bonds. The highest BCUT2D eigenvalue weighted by atomic mass is 16.5. The van der Waals surface area contributed by atoms with Gasteiger partial charge < -0.3 is 14.6 Å². The van der Waals surface area contributed by atoms with E-state index in [1.807, 2.05) is 19.9 Å². The molecule has 3 rings (SSSR count). The lowest BCUT2D eigenvalue weighted by Gasteiger charge is -2.37. The number of carbonyl (C=O) groups excluding carboxylic acids is 1. The third-order valence-electron chi connectivity index (χ3n) is 5.20. The third kappa shape index (κ3) is 3.84. The number of pyridine rings is 1. The first-order valence-corrected chi connectivity index (χ1v) is 9.00. The molecule has 1 aliphatic rings. The van der Waals surface area contributed by atoms with Crippen molar-refractivity contribution < 1.29 is 14.1 Å². The van der Waals surface area contributed by atoms with Gasteiger partial charge in [0.25, 0.3) is 11.6 Å². The van der Waals surface area contributed by atoms with Crippen molar-refractivity contribution in [1.82, 2.24) is 15.5 Å². The van der Waals surface area contributed by atoms with Gasteiger partial charge in [-0.15, -0.1) is 0 Å². The second-order valence-electron chi connectivity index (χ2n) is 7.86. The highest BCUT2D eigenvalue weighted by Crippen LogP contribution is 2.33. The minimum atomic E-state index is -0.106. The van der Waals surface area contributed by atoms with E-state index in [2.05, 4.69) is 29.3 Å². The van der Waals surface area contributed by atoms with Crippen molar-refractivity contribution in [3.63, 3.8) is 0 Å². The van der Waals surface area contributed by atoms with Crippen molar-refractivity contribution in [2.75, 3.05) is 19.8 Å². The number of hydrogen-bond donors (Lipinski definition) is 1. The van der Waals surface area contributed by atoms with Gasteiger partial charge in [-0.05, 0) is 36.2 Å². The summed E-state index contributed by atoms with van der Waals surface area (Å²) in [5.74, 6) is 0.673. The summed E-state index contributed by atoms with van der Waals surface area (Å²) < 4.78 is 10.7. The zero-order valence-corrected chi connectivity index (χ0v) is 15.5. The van der Waals surface area contributed by atoms with E-state index >= 15 is 0 Å². The van der Waals surface area contributed by atoms with Crippen LogP contribution in [0.25, 0.3) is 11.1 Å². The lowest BCUT2D eigenvalue weighted by atomic mass is 9.74. The third-order valence-corrected chi connectivity index (χ3v) is 5.20. The molecule has 2 aromatic rings. The summed E-state index contributed by atoms with van der Waals surface area (Å²) in [4.78, 5) is 16.8. The van der Waals surface area contributed by atoms with Gasteiger partial charge in [-0.3, -0.25) is 4.79 Å². The van der Waals surface area contributed by atoms with Crippen molar-refractivity contribution >= 4 is 17.0 Å². The fourth-order valence-electron chi connectivity index (χ4n) is 3.42. The van der Waals surface area contributed by atoms with Gasteiger partial charge in [0.05, 0.1) is 16.6 Å². The Morgan fingerprint density at radius 2 is 2.08 bits per heavy atom. The maximum atomic E-state index is 12.6. The van der Waals surface area contributed by atoms with Crippen LogP contribution in [0.3, 0.4) is 0 Å². The molecule has 0 spiro atoms. The topological polar surface area (TPSA) is 77.2 Å². The summed E-state index contributed by atoms with van der Waals surface area (Å²) in [6, 6.07) is 1.82. The second-order valence-corrected chi connectivity index (χ2v) is 7.86. The van der Waals surface area contributed by atoms with Gasteiger partial charge in [0.1, 0.15) is 0 Å². The van der Waals surface area contributed by atoms with Crippen LogP contribution >= 0.6 is 0 Å². The summed E-state index contributed by atoms with van der Waals surface area (Å²) in [5, 5.41) is 7.94. The molecule has 0 aliphatic carbocycles. The number of amides is 1. The molecule has 2 aromatic heterocycles. The molecule has 136 valence electrons. The van der Waals surface area contributed by atoms with Crippen LogP contribution in [0, 0.1) is 11.3 Å². The molecule has 0 saturated carbocycles. The van der Waals surface area contributed by atoms with Crippen LogP contribution in [-0.2, 0) is 4.74 Å². The number of rotatable bonds is 5. The smallest absolute Gasteiger partial charge is 0.257 e. The highest BCUT2D eigenvalue weighted by Gasteiger charge is 2.31. The maximum absolute atomic E-state index is 12.6. The van der Waals surface area contributed by atoms with Gasteiger partial charge in [0, 0.05) is 26.0 Å². The van der Waals surface area contributed by atoms with Crippen LogP contribution in [0.15, 0.2) is 16.8 Å². The molecule has 0 bridgehead atoms. The normalized spacial score (nSPS) is 16.5. The first-order valence-electron chi connectivity index (χ1n) is 9.00. The second kappa shape index (κ2) is 7.12. The molecule has 3 heterocycles. The average molecular weight is 345 g/mol.